The van der Waals surface area contributed by atoms with E-state index in [0.717, 1.165) is 24.1 Å². The lowest BCUT2D eigenvalue weighted by atomic mass is 10.0. The third-order valence-corrected chi connectivity index (χ3v) is 5.56. The van der Waals surface area contributed by atoms with Gasteiger partial charge in [-0.15, -0.1) is 0 Å². The molecule has 1 aliphatic carbocycles. The van der Waals surface area contributed by atoms with Crippen molar-refractivity contribution >= 4 is 5.96 Å². The van der Waals surface area contributed by atoms with Crippen molar-refractivity contribution in [3.63, 3.8) is 0 Å². The average molecular weight is 354 g/mol. The number of nitriles is 1. The van der Waals surface area contributed by atoms with Crippen molar-refractivity contribution in [1.29, 1.82) is 5.26 Å². The maximum absolute atomic E-state index is 8.89. The lowest BCUT2D eigenvalue weighted by Gasteiger charge is -2.36. The van der Waals surface area contributed by atoms with Gasteiger partial charge >= 0.3 is 0 Å². The van der Waals surface area contributed by atoms with E-state index in [9.17, 15) is 0 Å². The number of nitrogens with one attached hydrogen (secondary N) is 2. The molecule has 2 aliphatic rings. The zero-order valence-corrected chi connectivity index (χ0v) is 15.9. The Bertz CT molecular complexity index is 617. The summed E-state index contributed by atoms with van der Waals surface area (Å²) in [6, 6.07) is 11.2. The number of benzene rings is 1. The van der Waals surface area contributed by atoms with Gasteiger partial charge in [0.05, 0.1) is 18.2 Å². The van der Waals surface area contributed by atoms with Gasteiger partial charge in [0.1, 0.15) is 0 Å². The summed E-state index contributed by atoms with van der Waals surface area (Å²) in [6.45, 7) is 6.00. The van der Waals surface area contributed by atoms with Gasteiger partial charge in [-0.1, -0.05) is 25.0 Å². The Morgan fingerprint density at radius 3 is 2.46 bits per heavy atom. The molecule has 0 radical (unpaired) electrons. The first-order chi connectivity index (χ1) is 12.8. The van der Waals surface area contributed by atoms with Crippen LogP contribution in [0, 0.1) is 11.3 Å². The van der Waals surface area contributed by atoms with Crippen molar-refractivity contribution in [1.82, 2.24) is 15.5 Å². The highest BCUT2D eigenvalue weighted by atomic mass is 15.2. The lowest BCUT2D eigenvalue weighted by molar-refractivity contribution is 0.150. The molecule has 0 unspecified atom stereocenters. The largest absolute Gasteiger partial charge is 0.357 e. The van der Waals surface area contributed by atoms with Gasteiger partial charge in [0.15, 0.2) is 5.96 Å². The van der Waals surface area contributed by atoms with E-state index in [1.165, 1.54) is 51.6 Å². The van der Waals surface area contributed by atoms with Crippen LogP contribution in [0.15, 0.2) is 29.3 Å². The van der Waals surface area contributed by atoms with E-state index >= 15 is 0 Å². The van der Waals surface area contributed by atoms with Crippen LogP contribution in [0.1, 0.15) is 56.6 Å². The molecule has 2 N–H and O–H groups in total. The maximum atomic E-state index is 8.89. The van der Waals surface area contributed by atoms with Crippen molar-refractivity contribution in [3.05, 3.63) is 35.4 Å². The fourth-order valence-electron chi connectivity index (χ4n) is 4.05. The normalized spacial score (nSPS) is 20.1. The SMILES string of the molecule is CCNC(=NCc1ccc(C#N)cc1)NC1CCN(C2CCCC2)CC1. The molecule has 5 heteroatoms. The standard InChI is InChI=1S/C21H31N5/c1-2-23-21(24-16-18-9-7-17(15-22)8-10-18)25-19-11-13-26(14-12-19)20-5-3-4-6-20/h7-10,19-20H,2-6,11-14,16H2,1H3,(H2,23,24,25). The van der Waals surface area contributed by atoms with Crippen LogP contribution in [-0.4, -0.2) is 42.6 Å². The van der Waals surface area contributed by atoms with Gasteiger partial charge in [-0.2, -0.15) is 5.26 Å². The summed E-state index contributed by atoms with van der Waals surface area (Å²) in [5, 5.41) is 15.9. The van der Waals surface area contributed by atoms with E-state index in [-0.39, 0.29) is 0 Å². The van der Waals surface area contributed by atoms with E-state index < -0.39 is 0 Å². The third-order valence-electron chi connectivity index (χ3n) is 5.56. The minimum Gasteiger partial charge on any atom is -0.357 e. The van der Waals surface area contributed by atoms with Crippen molar-refractivity contribution < 1.29 is 0 Å². The first kappa shape index (κ1) is 18.7. The Hall–Kier alpha value is -2.06. The van der Waals surface area contributed by atoms with Gasteiger partial charge in [-0.05, 0) is 50.3 Å². The zero-order chi connectivity index (χ0) is 18.2. The lowest BCUT2D eigenvalue weighted by Crippen LogP contribution is -2.50. The molecule has 1 saturated carbocycles. The predicted octanol–water partition coefficient (Wildman–Crippen LogP) is 3.02. The average Bonchev–Trinajstić information content (AvgIpc) is 3.22. The molecular weight excluding hydrogens is 322 g/mol. The Kier molecular flexibility index (Phi) is 6.90. The molecule has 1 aromatic carbocycles. The van der Waals surface area contributed by atoms with E-state index in [4.69, 9.17) is 10.3 Å². The smallest absolute Gasteiger partial charge is 0.191 e. The summed E-state index contributed by atoms with van der Waals surface area (Å²) < 4.78 is 0. The van der Waals surface area contributed by atoms with Crippen LogP contribution >= 0.6 is 0 Å². The summed E-state index contributed by atoms with van der Waals surface area (Å²) in [5.41, 5.74) is 1.81. The van der Waals surface area contributed by atoms with Gasteiger partial charge in [0.2, 0.25) is 0 Å². The van der Waals surface area contributed by atoms with Crippen molar-refractivity contribution in [2.45, 2.75) is 64.1 Å². The van der Waals surface area contributed by atoms with Crippen LogP contribution in [0.4, 0.5) is 0 Å². The molecule has 0 amide bonds. The zero-order valence-electron chi connectivity index (χ0n) is 15.9. The third kappa shape index (κ3) is 5.22. The number of hydrogen-bond donors (Lipinski definition) is 2. The molecule has 0 aromatic heterocycles. The first-order valence-corrected chi connectivity index (χ1v) is 10.1. The molecule has 1 heterocycles. The molecular formula is C21H31N5. The van der Waals surface area contributed by atoms with Crippen molar-refractivity contribution in [2.24, 2.45) is 4.99 Å². The van der Waals surface area contributed by atoms with Crippen molar-refractivity contribution in [2.75, 3.05) is 19.6 Å². The fraction of sp³-hybridized carbons (Fsp3) is 0.619. The van der Waals surface area contributed by atoms with Gasteiger partial charge < -0.3 is 15.5 Å². The number of guanidine groups is 1. The molecule has 1 aromatic rings. The molecule has 3 rings (SSSR count). The maximum Gasteiger partial charge on any atom is 0.191 e. The van der Waals surface area contributed by atoms with Crippen LogP contribution in [-0.2, 0) is 6.54 Å². The van der Waals surface area contributed by atoms with Gasteiger partial charge in [0.25, 0.3) is 0 Å². The second-order valence-electron chi connectivity index (χ2n) is 7.40. The van der Waals surface area contributed by atoms with Crippen molar-refractivity contribution in [3.8, 4) is 6.07 Å². The van der Waals surface area contributed by atoms with Crippen LogP contribution in [0.2, 0.25) is 0 Å². The van der Waals surface area contributed by atoms with Gasteiger partial charge in [0, 0.05) is 31.7 Å². The summed E-state index contributed by atoms with van der Waals surface area (Å²) in [6.07, 6.45) is 8.00. The number of hydrogen-bond acceptors (Lipinski definition) is 3. The molecule has 140 valence electrons. The molecule has 0 spiro atoms. The van der Waals surface area contributed by atoms with Crippen LogP contribution in [0.3, 0.4) is 0 Å². The van der Waals surface area contributed by atoms with Crippen LogP contribution in [0.25, 0.3) is 0 Å². The van der Waals surface area contributed by atoms with Gasteiger partial charge in [-0.25, -0.2) is 4.99 Å². The van der Waals surface area contributed by atoms with E-state index in [0.29, 0.717) is 18.2 Å². The molecule has 26 heavy (non-hydrogen) atoms. The van der Waals surface area contributed by atoms with Crippen LogP contribution in [0.5, 0.6) is 0 Å². The molecule has 2 fully saturated rings. The molecule has 1 saturated heterocycles. The fourth-order valence-corrected chi connectivity index (χ4v) is 4.05. The van der Waals surface area contributed by atoms with E-state index in [2.05, 4.69) is 28.5 Å². The highest BCUT2D eigenvalue weighted by Crippen LogP contribution is 2.26. The minimum absolute atomic E-state index is 0.506. The topological polar surface area (TPSA) is 63.5 Å². The summed E-state index contributed by atoms with van der Waals surface area (Å²) in [7, 11) is 0. The number of likely N-dealkylation sites (tertiary alicyclic amines) is 1. The monoisotopic (exact) mass is 353 g/mol. The molecule has 0 bridgehead atoms. The second-order valence-corrected chi connectivity index (χ2v) is 7.40. The number of piperidine rings is 1. The first-order valence-electron chi connectivity index (χ1n) is 10.1. The Morgan fingerprint density at radius 1 is 1.15 bits per heavy atom. The molecule has 5 nitrogen and oxygen atoms in total. The Balaban J connectivity index is 1.50. The highest BCUT2D eigenvalue weighted by Gasteiger charge is 2.27. The summed E-state index contributed by atoms with van der Waals surface area (Å²) in [4.78, 5) is 7.43. The quantitative estimate of drug-likeness (QED) is 0.631. The predicted molar refractivity (Wildman–Crippen MR) is 106 cm³/mol. The molecule has 0 atom stereocenters. The van der Waals surface area contributed by atoms with Gasteiger partial charge in [-0.3, -0.25) is 0 Å². The summed E-state index contributed by atoms with van der Waals surface area (Å²) in [5.74, 6) is 0.899. The van der Waals surface area contributed by atoms with E-state index in [1.807, 2.05) is 24.3 Å². The number of rotatable bonds is 5. The summed E-state index contributed by atoms with van der Waals surface area (Å²) >= 11 is 0. The second kappa shape index (κ2) is 9.59. The highest BCUT2D eigenvalue weighted by molar-refractivity contribution is 5.80. The minimum atomic E-state index is 0.506. The number of aliphatic imine (C=N–C) groups is 1. The Labute approximate surface area is 157 Å². The molecule has 1 aliphatic heterocycles. The number of nitrogens with zero attached hydrogens (tertiary/aromatic N) is 3. The van der Waals surface area contributed by atoms with E-state index in [1.54, 1.807) is 0 Å². The Morgan fingerprint density at radius 2 is 1.85 bits per heavy atom. The van der Waals surface area contributed by atoms with Crippen LogP contribution < -0.4 is 10.6 Å².